The molecule has 0 saturated carbocycles. The zero-order chi connectivity index (χ0) is 36.5. The number of anilines is 2. The van der Waals surface area contributed by atoms with E-state index >= 15 is 4.79 Å². The van der Waals surface area contributed by atoms with Crippen LogP contribution < -0.4 is 19.7 Å². The lowest BCUT2D eigenvalue weighted by Crippen LogP contribution is -2.51. The molecule has 3 aliphatic heterocycles. The third kappa shape index (κ3) is 6.58. The summed E-state index contributed by atoms with van der Waals surface area (Å²) >= 11 is 0. The zero-order valence-electron chi connectivity index (χ0n) is 30.8. The Bertz CT molecular complexity index is 1880. The normalized spacial score (nSPS) is 23.6. The van der Waals surface area contributed by atoms with Gasteiger partial charge in [-0.15, -0.1) is 5.10 Å². The van der Waals surface area contributed by atoms with E-state index in [0.717, 1.165) is 66.2 Å². The van der Waals surface area contributed by atoms with Gasteiger partial charge in [-0.3, -0.25) is 14.3 Å². The highest BCUT2D eigenvalue weighted by Crippen LogP contribution is 2.60. The number of methoxy groups -OCH3 is 1. The second-order valence-electron chi connectivity index (χ2n) is 15.2. The van der Waals surface area contributed by atoms with Crippen molar-refractivity contribution < 1.29 is 24.2 Å². The maximum Gasteiger partial charge on any atom is 0.264 e. The van der Waals surface area contributed by atoms with E-state index in [1.807, 2.05) is 63.1 Å². The van der Waals surface area contributed by atoms with Gasteiger partial charge >= 0.3 is 0 Å². The van der Waals surface area contributed by atoms with Gasteiger partial charge in [0, 0.05) is 55.9 Å². The molecule has 4 atom stereocenters. The summed E-state index contributed by atoms with van der Waals surface area (Å²) in [6, 6.07) is 24.7. The number of hydrogen-bond donors (Lipinski definition) is 1. The van der Waals surface area contributed by atoms with Gasteiger partial charge < -0.3 is 24.4 Å². The van der Waals surface area contributed by atoms with Crippen molar-refractivity contribution >= 4 is 36.4 Å². The first kappa shape index (κ1) is 36.1. The average Bonchev–Trinajstić information content (AvgIpc) is 3.79. The molecule has 2 amide bonds. The number of ether oxygens (including phenoxy) is 2. The molecule has 4 aromatic rings. The van der Waals surface area contributed by atoms with Gasteiger partial charge in [0.25, 0.3) is 5.91 Å². The fraction of sp³-hybridized carbons (Fsp3) is 0.463. The number of aromatic nitrogens is 3. The number of fused-ring (bicyclic) bond motifs is 2. The monoisotopic (exact) mass is 721 g/mol. The molecule has 11 heteroatoms. The average molecular weight is 722 g/mol. The van der Waals surface area contributed by atoms with Gasteiger partial charge in [0.2, 0.25) is 5.91 Å². The lowest BCUT2D eigenvalue weighted by atomic mass is 9.82. The Morgan fingerprint density at radius 2 is 1.73 bits per heavy atom. The molecule has 3 aliphatic rings. The highest BCUT2D eigenvalue weighted by molar-refractivity contribution is 6.91. The summed E-state index contributed by atoms with van der Waals surface area (Å²) in [7, 11) is -0.610. The van der Waals surface area contributed by atoms with E-state index < -0.39 is 13.7 Å². The minimum atomic E-state index is -2.29. The number of aryl methyl sites for hydroxylation is 1. The van der Waals surface area contributed by atoms with Gasteiger partial charge in [-0.1, -0.05) is 85.7 Å². The van der Waals surface area contributed by atoms with Gasteiger partial charge in [-0.05, 0) is 60.7 Å². The minimum Gasteiger partial charge on any atom is -0.497 e. The predicted molar refractivity (Wildman–Crippen MR) is 205 cm³/mol. The van der Waals surface area contributed by atoms with Crippen molar-refractivity contribution in [1.82, 2.24) is 15.0 Å². The number of hydrogen-bond acceptors (Lipinski definition) is 7. The van der Waals surface area contributed by atoms with Crippen molar-refractivity contribution in [3.8, 4) is 5.75 Å². The molecule has 0 aliphatic carbocycles. The van der Waals surface area contributed by atoms with Crippen molar-refractivity contribution in [2.45, 2.75) is 95.3 Å². The molecule has 3 aromatic carbocycles. The Kier molecular flexibility index (Phi) is 10.4. The third-order valence-corrected chi connectivity index (χ3v) is 16.1. The first-order valence-corrected chi connectivity index (χ1v) is 21.9. The van der Waals surface area contributed by atoms with E-state index in [0.29, 0.717) is 32.4 Å². The molecule has 52 heavy (non-hydrogen) atoms. The molecule has 0 unspecified atom stereocenters. The fourth-order valence-corrected chi connectivity index (χ4v) is 13.1. The molecule has 1 spiro atoms. The summed E-state index contributed by atoms with van der Waals surface area (Å²) in [5.41, 5.74) is 3.45. The quantitative estimate of drug-likeness (QED) is 0.190. The number of nitrogens with zero attached hydrogens (tertiary/aromatic N) is 5. The number of para-hydroxylation sites is 1. The molecule has 4 heterocycles. The Morgan fingerprint density at radius 1 is 0.981 bits per heavy atom. The smallest absolute Gasteiger partial charge is 0.264 e. The van der Waals surface area contributed by atoms with Gasteiger partial charge in [0.1, 0.15) is 5.75 Å². The molecule has 2 saturated heterocycles. The molecule has 2 fully saturated rings. The third-order valence-electron chi connectivity index (χ3n) is 11.8. The molecule has 274 valence electrons. The van der Waals surface area contributed by atoms with E-state index in [4.69, 9.17) is 9.47 Å². The molecule has 1 N–H and O–H groups in total. The van der Waals surface area contributed by atoms with Crippen LogP contribution in [0.4, 0.5) is 11.4 Å². The number of rotatable bonds is 11. The Labute approximate surface area is 307 Å². The van der Waals surface area contributed by atoms with Gasteiger partial charge in [0.15, 0.2) is 5.60 Å². The number of aliphatic hydroxyl groups excluding tert-OH is 1. The first-order valence-electron chi connectivity index (χ1n) is 18.8. The first-order chi connectivity index (χ1) is 25.2. The van der Waals surface area contributed by atoms with Crippen LogP contribution in [0, 0.1) is 5.92 Å². The summed E-state index contributed by atoms with van der Waals surface area (Å²) in [4.78, 5) is 31.9. The molecule has 7 rings (SSSR count). The van der Waals surface area contributed by atoms with E-state index in [9.17, 15) is 9.90 Å². The van der Waals surface area contributed by atoms with Crippen LogP contribution >= 0.6 is 0 Å². The van der Waals surface area contributed by atoms with E-state index in [-0.39, 0.29) is 36.0 Å². The Balaban J connectivity index is 1.20. The summed E-state index contributed by atoms with van der Waals surface area (Å²) in [5.74, 6) is 0.868. The summed E-state index contributed by atoms with van der Waals surface area (Å²) in [5, 5.41) is 19.3. The molecule has 1 aromatic heterocycles. The highest BCUT2D eigenvalue weighted by atomic mass is 28.3. The highest BCUT2D eigenvalue weighted by Gasteiger charge is 2.66. The van der Waals surface area contributed by atoms with Crippen LogP contribution in [0.15, 0.2) is 79.0 Å². The maximum absolute atomic E-state index is 15.1. The predicted octanol–water partition coefficient (Wildman–Crippen LogP) is 5.97. The van der Waals surface area contributed by atoms with Crippen LogP contribution in [0.2, 0.25) is 18.6 Å². The second kappa shape index (κ2) is 15.0. The fourth-order valence-electron chi connectivity index (χ4n) is 9.03. The van der Waals surface area contributed by atoms with Crippen molar-refractivity contribution in [2.75, 3.05) is 30.1 Å². The van der Waals surface area contributed by atoms with Crippen LogP contribution in [-0.4, -0.2) is 66.4 Å². The van der Waals surface area contributed by atoms with Crippen molar-refractivity contribution in [3.63, 3.8) is 0 Å². The molecule has 10 nitrogen and oxygen atoms in total. The molecular weight excluding hydrogens is 671 g/mol. The largest absolute Gasteiger partial charge is 0.497 e. The Morgan fingerprint density at radius 3 is 2.48 bits per heavy atom. The second-order valence-corrected chi connectivity index (χ2v) is 19.9. The van der Waals surface area contributed by atoms with Crippen LogP contribution in [-0.2, 0) is 39.4 Å². The molecule has 0 radical (unpaired) electrons. The summed E-state index contributed by atoms with van der Waals surface area (Å²) in [6.45, 7) is 8.75. The number of benzene rings is 3. The van der Waals surface area contributed by atoms with Crippen LogP contribution in [0.3, 0.4) is 0 Å². The van der Waals surface area contributed by atoms with E-state index in [1.165, 1.54) is 5.19 Å². The van der Waals surface area contributed by atoms with Crippen molar-refractivity contribution in [1.29, 1.82) is 0 Å². The maximum atomic E-state index is 15.1. The standard InChI is InChI=1S/C41H51N5O5Si/c1-29-39(52(3,4)34-20-18-33(50-2)19-21-34)37(22-25-44-28-31(23-26-47)42-43-44)51-41(29)35-11-8-9-12-36(35)46(40(41)49)27-30-14-16-32(17-15-30)45-24-10-6-5-7-13-38(45)48/h8-9,11-12,14-21,28-29,37,39,47H,5-7,10,13,22-27H2,1-4H3/t29-,37+,39-,41+/m0/s1. The van der Waals surface area contributed by atoms with Crippen molar-refractivity contribution in [2.24, 2.45) is 5.92 Å². The van der Waals surface area contributed by atoms with Crippen LogP contribution in [0.5, 0.6) is 5.75 Å². The number of amides is 2. The summed E-state index contributed by atoms with van der Waals surface area (Å²) in [6.07, 6.45) is 7.60. The topological polar surface area (TPSA) is 110 Å². The van der Waals surface area contributed by atoms with E-state index in [1.54, 1.807) is 7.11 Å². The van der Waals surface area contributed by atoms with Gasteiger partial charge in [-0.25, -0.2) is 0 Å². The summed E-state index contributed by atoms with van der Waals surface area (Å²) < 4.78 is 14.6. The molecule has 0 bridgehead atoms. The van der Waals surface area contributed by atoms with Crippen LogP contribution in [0.1, 0.15) is 62.3 Å². The van der Waals surface area contributed by atoms with Gasteiger partial charge in [0.05, 0.1) is 39.2 Å². The zero-order valence-corrected chi connectivity index (χ0v) is 31.8. The van der Waals surface area contributed by atoms with E-state index in [2.05, 4.69) is 60.7 Å². The van der Waals surface area contributed by atoms with Crippen LogP contribution in [0.25, 0.3) is 0 Å². The lowest BCUT2D eigenvalue weighted by molar-refractivity contribution is -0.146. The lowest BCUT2D eigenvalue weighted by Gasteiger charge is -2.37. The van der Waals surface area contributed by atoms with Gasteiger partial charge in [-0.2, -0.15) is 0 Å². The minimum absolute atomic E-state index is 0.0223. The molecular formula is C41H51N5O5Si. The SMILES string of the molecule is COc1ccc([Si](C)(C)[C@@H]2[C@@H](CCn3cc(CCO)nn3)O[C@]3(C(=O)N(Cc4ccc(N5CCCCCCC5=O)cc4)c4ccccc43)[C@H]2C)cc1. The van der Waals surface area contributed by atoms with Crippen molar-refractivity contribution in [3.05, 3.63) is 95.8 Å². The number of aliphatic hydroxyl groups is 1. The Hall–Kier alpha value is -4.32. The number of carbonyl (C=O) groups is 2. The number of carbonyl (C=O) groups excluding carboxylic acids is 2.